The Morgan fingerprint density at radius 2 is 1.96 bits per heavy atom. The van der Waals surface area contributed by atoms with E-state index in [1.165, 1.54) is 5.56 Å². The number of urea groups is 1. The second kappa shape index (κ2) is 7.34. The molecule has 2 aliphatic rings. The number of carbonyl (C=O) groups is 1. The lowest BCUT2D eigenvalue weighted by Crippen LogP contribution is -2.52. The summed E-state index contributed by atoms with van der Waals surface area (Å²) in [5, 5.41) is 3.12. The van der Waals surface area contributed by atoms with Crippen molar-refractivity contribution in [3.05, 3.63) is 35.9 Å². The predicted molar refractivity (Wildman–Crippen MR) is 97.5 cm³/mol. The van der Waals surface area contributed by atoms with E-state index in [9.17, 15) is 4.79 Å². The van der Waals surface area contributed by atoms with E-state index in [1.54, 1.807) is 0 Å². The zero-order valence-electron chi connectivity index (χ0n) is 15.6. The maximum atomic E-state index is 12.7. The minimum Gasteiger partial charge on any atom is -0.347 e. The van der Waals surface area contributed by atoms with Crippen LogP contribution in [-0.2, 0) is 14.9 Å². The topological polar surface area (TPSA) is 50.8 Å². The van der Waals surface area contributed by atoms with Crippen LogP contribution in [0.3, 0.4) is 0 Å². The van der Waals surface area contributed by atoms with Crippen LogP contribution in [0.1, 0.15) is 39.2 Å². The molecule has 0 spiro atoms. The summed E-state index contributed by atoms with van der Waals surface area (Å²) in [4.78, 5) is 14.6. The van der Waals surface area contributed by atoms with Crippen molar-refractivity contribution in [1.29, 1.82) is 0 Å². The highest BCUT2D eigenvalue weighted by Crippen LogP contribution is 2.34. The largest absolute Gasteiger partial charge is 0.347 e. The maximum Gasteiger partial charge on any atom is 0.317 e. The van der Waals surface area contributed by atoms with Gasteiger partial charge in [0.25, 0.3) is 0 Å². The van der Waals surface area contributed by atoms with Gasteiger partial charge in [-0.2, -0.15) is 0 Å². The molecule has 0 saturated carbocycles. The van der Waals surface area contributed by atoms with E-state index in [0.29, 0.717) is 26.3 Å². The number of likely N-dealkylation sites (tertiary alicyclic amines) is 1. The van der Waals surface area contributed by atoms with Crippen LogP contribution < -0.4 is 5.32 Å². The summed E-state index contributed by atoms with van der Waals surface area (Å²) >= 11 is 0. The molecule has 2 saturated heterocycles. The summed E-state index contributed by atoms with van der Waals surface area (Å²) < 4.78 is 11.6. The highest BCUT2D eigenvalue weighted by Gasteiger charge is 2.42. The maximum absolute atomic E-state index is 12.7. The first-order valence-electron chi connectivity index (χ1n) is 9.27. The van der Waals surface area contributed by atoms with Crippen molar-refractivity contribution < 1.29 is 14.3 Å². The molecule has 0 radical (unpaired) electrons. The minimum absolute atomic E-state index is 0.00954. The van der Waals surface area contributed by atoms with Gasteiger partial charge in [-0.25, -0.2) is 4.79 Å². The number of hydrogen-bond acceptors (Lipinski definition) is 3. The number of carbonyl (C=O) groups excluding carboxylic acids is 1. The van der Waals surface area contributed by atoms with Gasteiger partial charge in [0.05, 0.1) is 13.2 Å². The minimum atomic E-state index is -0.539. The van der Waals surface area contributed by atoms with E-state index < -0.39 is 5.79 Å². The first kappa shape index (κ1) is 18.2. The quantitative estimate of drug-likeness (QED) is 0.911. The van der Waals surface area contributed by atoms with Crippen LogP contribution in [0.25, 0.3) is 0 Å². The first-order valence-corrected chi connectivity index (χ1v) is 9.27. The lowest BCUT2D eigenvalue weighted by atomic mass is 9.84. The third-order valence-corrected chi connectivity index (χ3v) is 5.55. The summed E-state index contributed by atoms with van der Waals surface area (Å²) in [6.07, 6.45) is 2.03. The van der Waals surface area contributed by atoms with Crippen molar-refractivity contribution in [3.63, 3.8) is 0 Å². The van der Waals surface area contributed by atoms with Crippen LogP contribution in [0.5, 0.6) is 0 Å². The van der Waals surface area contributed by atoms with Crippen LogP contribution in [0.4, 0.5) is 4.79 Å². The van der Waals surface area contributed by atoms with E-state index in [2.05, 4.69) is 31.3 Å². The monoisotopic (exact) mass is 346 g/mol. The lowest BCUT2D eigenvalue weighted by Gasteiger charge is -2.40. The fourth-order valence-corrected chi connectivity index (χ4v) is 3.76. The van der Waals surface area contributed by atoms with Gasteiger partial charge in [-0.05, 0) is 25.3 Å². The van der Waals surface area contributed by atoms with Gasteiger partial charge in [0, 0.05) is 31.0 Å². The number of piperidine rings is 1. The third kappa shape index (κ3) is 4.15. The van der Waals surface area contributed by atoms with E-state index in [0.717, 1.165) is 19.4 Å². The Kier molecular flexibility index (Phi) is 5.35. The Bertz CT molecular complexity index is 582. The Hall–Kier alpha value is -1.59. The smallest absolute Gasteiger partial charge is 0.317 e. The van der Waals surface area contributed by atoms with E-state index >= 15 is 0 Å². The van der Waals surface area contributed by atoms with Gasteiger partial charge in [0.2, 0.25) is 0 Å². The second-order valence-electron chi connectivity index (χ2n) is 7.91. The molecule has 0 aromatic heterocycles. The highest BCUT2D eigenvalue weighted by atomic mass is 16.7. The average Bonchev–Trinajstić information content (AvgIpc) is 3.09. The molecule has 1 N–H and O–H groups in total. The van der Waals surface area contributed by atoms with Crippen molar-refractivity contribution in [2.24, 2.45) is 5.92 Å². The third-order valence-electron chi connectivity index (χ3n) is 5.55. The summed E-state index contributed by atoms with van der Waals surface area (Å²) in [5.41, 5.74) is 1.13. The molecule has 2 aliphatic heterocycles. The Morgan fingerprint density at radius 3 is 2.64 bits per heavy atom. The standard InChI is InChI=1S/C20H30N2O3/c1-19(2,16-8-5-4-6-9-16)15-21-18(23)22-11-7-10-17(14-22)20(3)24-12-13-25-20/h4-6,8-9,17H,7,10-15H2,1-3H3,(H,21,23)/t17-/m1/s1. The molecule has 1 aromatic carbocycles. The van der Waals surface area contributed by atoms with E-state index in [4.69, 9.17) is 9.47 Å². The summed E-state index contributed by atoms with van der Waals surface area (Å²) in [7, 11) is 0. The number of rotatable bonds is 4. The second-order valence-corrected chi connectivity index (χ2v) is 7.91. The Morgan fingerprint density at radius 1 is 1.28 bits per heavy atom. The molecular formula is C20H30N2O3. The van der Waals surface area contributed by atoms with Crippen molar-refractivity contribution in [2.45, 2.75) is 44.8 Å². The molecule has 0 bridgehead atoms. The lowest BCUT2D eigenvalue weighted by molar-refractivity contribution is -0.189. The van der Waals surface area contributed by atoms with Crippen molar-refractivity contribution in [1.82, 2.24) is 10.2 Å². The fourth-order valence-electron chi connectivity index (χ4n) is 3.76. The van der Waals surface area contributed by atoms with Crippen LogP contribution in [0, 0.1) is 5.92 Å². The number of nitrogens with zero attached hydrogens (tertiary/aromatic N) is 1. The Balaban J connectivity index is 1.56. The molecule has 2 heterocycles. The molecule has 0 aliphatic carbocycles. The number of hydrogen-bond donors (Lipinski definition) is 1. The van der Waals surface area contributed by atoms with Crippen molar-refractivity contribution in [3.8, 4) is 0 Å². The molecule has 1 atom stereocenters. The Labute approximate surface area is 150 Å². The van der Waals surface area contributed by atoms with Gasteiger partial charge in [-0.15, -0.1) is 0 Å². The first-order chi connectivity index (χ1) is 11.9. The summed E-state index contributed by atoms with van der Waals surface area (Å²) in [6, 6.07) is 10.3. The van der Waals surface area contributed by atoms with Gasteiger partial charge >= 0.3 is 6.03 Å². The normalized spacial score (nSPS) is 23.5. The van der Waals surface area contributed by atoms with E-state index in [1.807, 2.05) is 30.0 Å². The van der Waals surface area contributed by atoms with Crippen LogP contribution in [-0.4, -0.2) is 49.6 Å². The zero-order chi connectivity index (χ0) is 17.9. The molecule has 25 heavy (non-hydrogen) atoms. The molecule has 1 aromatic rings. The number of ether oxygens (including phenoxy) is 2. The van der Waals surface area contributed by atoms with Gasteiger partial charge < -0.3 is 19.7 Å². The molecule has 2 fully saturated rings. The molecule has 5 nitrogen and oxygen atoms in total. The SMILES string of the molecule is CC(C)(CNC(=O)N1CCC[C@@H](C2(C)OCCO2)C1)c1ccccc1. The van der Waals surface area contributed by atoms with Crippen LogP contribution >= 0.6 is 0 Å². The van der Waals surface area contributed by atoms with Gasteiger partial charge in [-0.1, -0.05) is 44.2 Å². The molecular weight excluding hydrogens is 316 g/mol. The highest BCUT2D eigenvalue weighted by molar-refractivity contribution is 5.74. The molecule has 2 amide bonds. The van der Waals surface area contributed by atoms with Gasteiger partial charge in [0.15, 0.2) is 5.79 Å². The van der Waals surface area contributed by atoms with Crippen LogP contribution in [0.2, 0.25) is 0 Å². The van der Waals surface area contributed by atoms with Crippen molar-refractivity contribution in [2.75, 3.05) is 32.8 Å². The zero-order valence-corrected chi connectivity index (χ0v) is 15.6. The predicted octanol–water partition coefficient (Wildman–Crippen LogP) is 3.15. The molecule has 3 rings (SSSR count). The van der Waals surface area contributed by atoms with Crippen LogP contribution in [0.15, 0.2) is 30.3 Å². The molecule has 5 heteroatoms. The number of amides is 2. The molecule has 138 valence electrons. The summed E-state index contributed by atoms with van der Waals surface area (Å²) in [5.74, 6) is -0.306. The molecule has 0 unspecified atom stereocenters. The summed E-state index contributed by atoms with van der Waals surface area (Å²) in [6.45, 7) is 9.70. The van der Waals surface area contributed by atoms with Gasteiger partial charge in [-0.3, -0.25) is 0 Å². The van der Waals surface area contributed by atoms with Gasteiger partial charge in [0.1, 0.15) is 0 Å². The number of nitrogens with one attached hydrogen (secondary N) is 1. The van der Waals surface area contributed by atoms with Crippen molar-refractivity contribution >= 4 is 6.03 Å². The fraction of sp³-hybridized carbons (Fsp3) is 0.650. The number of benzene rings is 1. The average molecular weight is 346 g/mol. The van der Waals surface area contributed by atoms with E-state index in [-0.39, 0.29) is 17.4 Å².